The fraction of sp³-hybridized carbons (Fsp3) is 0.400. The van der Waals surface area contributed by atoms with Crippen LogP contribution >= 0.6 is 11.3 Å². The number of nitrogens with zero attached hydrogens (tertiary/aromatic N) is 2. The first kappa shape index (κ1) is 9.06. The Balaban J connectivity index is 1.87. The highest BCUT2D eigenvalue weighted by Gasteiger charge is 2.22. The fourth-order valence-corrected chi connectivity index (χ4v) is 2.42. The van der Waals surface area contributed by atoms with Crippen molar-refractivity contribution in [1.82, 2.24) is 15.5 Å². The zero-order valence-electron chi connectivity index (χ0n) is 8.14. The van der Waals surface area contributed by atoms with Gasteiger partial charge in [-0.15, -0.1) is 0 Å². The van der Waals surface area contributed by atoms with Crippen molar-refractivity contribution >= 4 is 11.3 Å². The molecule has 2 aromatic rings. The van der Waals surface area contributed by atoms with Crippen molar-refractivity contribution in [3.63, 3.8) is 0 Å². The third-order valence-electron chi connectivity index (χ3n) is 2.58. The molecular weight excluding hydrogens is 210 g/mol. The SMILES string of the molecule is c1cc(-c2noc(C3CCCN3)n2)cs1. The van der Waals surface area contributed by atoms with Gasteiger partial charge in [-0.3, -0.25) is 0 Å². The Bertz CT molecular complexity index is 431. The summed E-state index contributed by atoms with van der Waals surface area (Å²) >= 11 is 1.64. The second-order valence-corrected chi connectivity index (χ2v) is 4.40. The van der Waals surface area contributed by atoms with Crippen LogP contribution < -0.4 is 5.32 Å². The Morgan fingerprint density at radius 1 is 1.53 bits per heavy atom. The molecule has 0 amide bonds. The van der Waals surface area contributed by atoms with E-state index in [1.807, 2.05) is 16.8 Å². The van der Waals surface area contributed by atoms with Crippen LogP contribution in [0.2, 0.25) is 0 Å². The standard InChI is InChI=1S/C10H11N3OS/c1-2-8(11-4-1)10-12-9(13-14-10)7-3-5-15-6-7/h3,5-6,8,11H,1-2,4H2. The van der Waals surface area contributed by atoms with Gasteiger partial charge in [0.1, 0.15) is 0 Å². The van der Waals surface area contributed by atoms with Crippen molar-refractivity contribution in [3.8, 4) is 11.4 Å². The Kier molecular flexibility index (Phi) is 2.26. The van der Waals surface area contributed by atoms with E-state index in [-0.39, 0.29) is 6.04 Å². The summed E-state index contributed by atoms with van der Waals surface area (Å²) in [5, 5.41) is 11.4. The number of rotatable bonds is 2. The summed E-state index contributed by atoms with van der Waals surface area (Å²) in [4.78, 5) is 4.40. The lowest BCUT2D eigenvalue weighted by atomic mass is 10.2. The molecule has 0 radical (unpaired) electrons. The molecule has 1 fully saturated rings. The van der Waals surface area contributed by atoms with Gasteiger partial charge in [0, 0.05) is 10.9 Å². The van der Waals surface area contributed by atoms with Crippen molar-refractivity contribution in [1.29, 1.82) is 0 Å². The molecular formula is C10H11N3OS. The second kappa shape index (κ2) is 3.75. The summed E-state index contributed by atoms with van der Waals surface area (Å²) in [6, 6.07) is 2.26. The Morgan fingerprint density at radius 3 is 3.27 bits per heavy atom. The highest BCUT2D eigenvalue weighted by Crippen LogP contribution is 2.24. The summed E-state index contributed by atoms with van der Waals surface area (Å²) in [7, 11) is 0. The first-order chi connectivity index (χ1) is 7.43. The zero-order chi connectivity index (χ0) is 10.1. The predicted molar refractivity (Wildman–Crippen MR) is 57.6 cm³/mol. The molecule has 1 N–H and O–H groups in total. The van der Waals surface area contributed by atoms with Gasteiger partial charge in [-0.05, 0) is 30.8 Å². The second-order valence-electron chi connectivity index (χ2n) is 3.62. The number of hydrogen-bond acceptors (Lipinski definition) is 5. The molecule has 15 heavy (non-hydrogen) atoms. The first-order valence-electron chi connectivity index (χ1n) is 5.03. The lowest BCUT2D eigenvalue weighted by Crippen LogP contribution is -2.12. The summed E-state index contributed by atoms with van der Waals surface area (Å²) in [6.45, 7) is 1.04. The molecule has 3 heterocycles. The van der Waals surface area contributed by atoms with Gasteiger partial charge in [-0.2, -0.15) is 16.3 Å². The van der Waals surface area contributed by atoms with Gasteiger partial charge >= 0.3 is 0 Å². The number of aromatic nitrogens is 2. The molecule has 0 saturated carbocycles. The largest absolute Gasteiger partial charge is 0.337 e. The molecule has 1 saturated heterocycles. The average molecular weight is 221 g/mol. The molecule has 3 rings (SSSR count). The van der Waals surface area contributed by atoms with Crippen LogP contribution in [0.25, 0.3) is 11.4 Å². The van der Waals surface area contributed by atoms with Gasteiger partial charge < -0.3 is 9.84 Å². The summed E-state index contributed by atoms with van der Waals surface area (Å²) < 4.78 is 5.25. The molecule has 1 aliphatic heterocycles. The Morgan fingerprint density at radius 2 is 2.53 bits per heavy atom. The molecule has 0 aromatic carbocycles. The zero-order valence-corrected chi connectivity index (χ0v) is 8.96. The average Bonchev–Trinajstić information content (AvgIpc) is 3.02. The molecule has 1 aliphatic rings. The maximum atomic E-state index is 5.25. The Hall–Kier alpha value is -1.20. The molecule has 4 nitrogen and oxygen atoms in total. The third-order valence-corrected chi connectivity index (χ3v) is 3.26. The van der Waals surface area contributed by atoms with E-state index in [1.165, 1.54) is 6.42 Å². The highest BCUT2D eigenvalue weighted by atomic mass is 32.1. The molecule has 2 aromatic heterocycles. The molecule has 5 heteroatoms. The van der Waals surface area contributed by atoms with Crippen LogP contribution in [0.15, 0.2) is 21.3 Å². The molecule has 0 aliphatic carbocycles. The van der Waals surface area contributed by atoms with Gasteiger partial charge in [-0.25, -0.2) is 0 Å². The summed E-state index contributed by atoms with van der Waals surface area (Å²) in [6.07, 6.45) is 2.27. The topological polar surface area (TPSA) is 51.0 Å². The number of hydrogen-bond donors (Lipinski definition) is 1. The lowest BCUT2D eigenvalue weighted by Gasteiger charge is -2.01. The minimum absolute atomic E-state index is 0.255. The van der Waals surface area contributed by atoms with Crippen LogP contribution in [-0.4, -0.2) is 16.7 Å². The Labute approximate surface area is 91.3 Å². The van der Waals surface area contributed by atoms with Gasteiger partial charge in [-0.1, -0.05) is 5.16 Å². The van der Waals surface area contributed by atoms with Crippen LogP contribution in [0, 0.1) is 0 Å². The van der Waals surface area contributed by atoms with E-state index in [9.17, 15) is 0 Å². The van der Waals surface area contributed by atoms with E-state index in [1.54, 1.807) is 11.3 Å². The molecule has 78 valence electrons. The van der Waals surface area contributed by atoms with Crippen molar-refractivity contribution in [2.45, 2.75) is 18.9 Å². The number of nitrogens with one attached hydrogen (secondary N) is 1. The maximum Gasteiger partial charge on any atom is 0.244 e. The first-order valence-corrected chi connectivity index (χ1v) is 5.97. The van der Waals surface area contributed by atoms with Crippen LogP contribution in [0.5, 0.6) is 0 Å². The highest BCUT2D eigenvalue weighted by molar-refractivity contribution is 7.08. The lowest BCUT2D eigenvalue weighted by molar-refractivity contribution is 0.345. The van der Waals surface area contributed by atoms with Crippen molar-refractivity contribution in [2.24, 2.45) is 0 Å². The van der Waals surface area contributed by atoms with Crippen LogP contribution in [0.4, 0.5) is 0 Å². The number of thiophene rings is 1. The summed E-state index contributed by atoms with van der Waals surface area (Å²) in [5.74, 6) is 1.41. The van der Waals surface area contributed by atoms with Crippen molar-refractivity contribution < 1.29 is 4.52 Å². The van der Waals surface area contributed by atoms with E-state index >= 15 is 0 Å². The van der Waals surface area contributed by atoms with Crippen molar-refractivity contribution in [3.05, 3.63) is 22.7 Å². The van der Waals surface area contributed by atoms with Crippen LogP contribution in [0.1, 0.15) is 24.8 Å². The van der Waals surface area contributed by atoms with Gasteiger partial charge in [0.2, 0.25) is 11.7 Å². The molecule has 0 spiro atoms. The summed E-state index contributed by atoms with van der Waals surface area (Å²) in [5.41, 5.74) is 1.04. The smallest absolute Gasteiger partial charge is 0.244 e. The minimum atomic E-state index is 0.255. The van der Waals surface area contributed by atoms with Crippen LogP contribution in [-0.2, 0) is 0 Å². The van der Waals surface area contributed by atoms with Gasteiger partial charge in [0.05, 0.1) is 6.04 Å². The van der Waals surface area contributed by atoms with Gasteiger partial charge in [0.15, 0.2) is 0 Å². The van der Waals surface area contributed by atoms with Crippen molar-refractivity contribution in [2.75, 3.05) is 6.54 Å². The molecule has 0 bridgehead atoms. The normalized spacial score (nSPS) is 20.9. The van der Waals surface area contributed by atoms with E-state index in [4.69, 9.17) is 4.52 Å². The molecule has 1 unspecified atom stereocenters. The maximum absolute atomic E-state index is 5.25. The van der Waals surface area contributed by atoms with Crippen LogP contribution in [0.3, 0.4) is 0 Å². The quantitative estimate of drug-likeness (QED) is 0.844. The van der Waals surface area contributed by atoms with E-state index in [0.29, 0.717) is 11.7 Å². The minimum Gasteiger partial charge on any atom is -0.337 e. The molecule has 1 atom stereocenters. The van der Waals surface area contributed by atoms with E-state index < -0.39 is 0 Å². The predicted octanol–water partition coefficient (Wildman–Crippen LogP) is 2.22. The third kappa shape index (κ3) is 1.68. The van der Waals surface area contributed by atoms with E-state index in [0.717, 1.165) is 18.5 Å². The van der Waals surface area contributed by atoms with E-state index in [2.05, 4.69) is 15.5 Å². The monoisotopic (exact) mass is 221 g/mol. The van der Waals surface area contributed by atoms with Gasteiger partial charge in [0.25, 0.3) is 0 Å². The fourth-order valence-electron chi connectivity index (χ4n) is 1.78.